The molecule has 7 heteroatoms. The topological polar surface area (TPSA) is 78.5 Å². The lowest BCUT2D eigenvalue weighted by molar-refractivity contribution is 0.369. The summed E-state index contributed by atoms with van der Waals surface area (Å²) in [6.07, 6.45) is -0.170. The molecule has 2 aromatic carbocycles. The smallest absolute Gasteiger partial charge is 0.345 e. The second kappa shape index (κ2) is 6.03. The van der Waals surface area contributed by atoms with Crippen LogP contribution in [-0.2, 0) is 11.3 Å². The van der Waals surface area contributed by atoms with Crippen LogP contribution in [0.3, 0.4) is 0 Å². The lowest BCUT2D eigenvalue weighted by atomic mass is 10.3. The number of aromatic nitrogens is 3. The fourth-order valence-corrected chi connectivity index (χ4v) is 2.72. The van der Waals surface area contributed by atoms with Gasteiger partial charge in [-0.2, -0.15) is 0 Å². The van der Waals surface area contributed by atoms with E-state index < -0.39 is 17.1 Å². The van der Waals surface area contributed by atoms with E-state index in [-0.39, 0.29) is 12.6 Å². The average molecular weight is 337 g/mol. The molecule has 3 aromatic rings. The van der Waals surface area contributed by atoms with E-state index in [1.807, 2.05) is 0 Å². The van der Waals surface area contributed by atoms with Gasteiger partial charge in [0.1, 0.15) is 0 Å². The fraction of sp³-hybridized carbons (Fsp3) is 0.167. The minimum Gasteiger partial charge on any atom is -0.371 e. The fourth-order valence-electron chi connectivity index (χ4n) is 2.72. The van der Waals surface area contributed by atoms with Gasteiger partial charge in [0.25, 0.3) is 0 Å². The second-order valence-corrected chi connectivity index (χ2v) is 5.76. The van der Waals surface area contributed by atoms with Gasteiger partial charge in [-0.1, -0.05) is 36.4 Å². The van der Waals surface area contributed by atoms with Gasteiger partial charge in [0.15, 0.2) is 0 Å². The quantitative estimate of drug-likeness (QED) is 0.651. The Labute approximate surface area is 142 Å². The molecule has 0 amide bonds. The molecular weight excluding hydrogens is 322 g/mol. The van der Waals surface area contributed by atoms with E-state index in [9.17, 15) is 14.4 Å². The van der Waals surface area contributed by atoms with Gasteiger partial charge in [0, 0.05) is 0 Å². The van der Waals surface area contributed by atoms with Crippen LogP contribution >= 0.6 is 0 Å². The predicted octanol–water partition coefficient (Wildman–Crippen LogP) is 0.549. The molecule has 1 unspecified atom stereocenters. The van der Waals surface area contributed by atoms with Crippen molar-refractivity contribution in [2.45, 2.75) is 12.6 Å². The molecule has 126 valence electrons. The maximum Gasteiger partial charge on any atom is 0.345 e. The summed E-state index contributed by atoms with van der Waals surface area (Å²) in [5.74, 6) is 0. The lowest BCUT2D eigenvalue weighted by Crippen LogP contribution is -2.53. The number of rotatable bonds is 4. The Morgan fingerprint density at radius 2 is 1.20 bits per heavy atom. The van der Waals surface area contributed by atoms with Gasteiger partial charge < -0.3 is 4.74 Å². The van der Waals surface area contributed by atoms with E-state index in [0.29, 0.717) is 18.0 Å². The molecule has 0 bridgehead atoms. The van der Waals surface area contributed by atoms with E-state index in [4.69, 9.17) is 4.74 Å². The Kier molecular flexibility index (Phi) is 3.70. The summed E-state index contributed by atoms with van der Waals surface area (Å²) in [5.41, 5.74) is -1.20. The molecule has 0 radical (unpaired) electrons. The highest BCUT2D eigenvalue weighted by Crippen LogP contribution is 2.10. The molecule has 4 rings (SSSR count). The van der Waals surface area contributed by atoms with Gasteiger partial charge >= 0.3 is 17.1 Å². The summed E-state index contributed by atoms with van der Waals surface area (Å²) >= 11 is 0. The van der Waals surface area contributed by atoms with Crippen molar-refractivity contribution in [1.29, 1.82) is 0 Å². The first-order chi connectivity index (χ1) is 12.2. The zero-order valence-electron chi connectivity index (χ0n) is 13.2. The first kappa shape index (κ1) is 15.3. The average Bonchev–Trinajstić information content (AvgIpc) is 3.45. The second-order valence-electron chi connectivity index (χ2n) is 5.76. The molecule has 1 atom stereocenters. The first-order valence-electron chi connectivity index (χ1n) is 7.88. The van der Waals surface area contributed by atoms with E-state index >= 15 is 0 Å². The number of benzene rings is 2. The molecular formula is C18H15N3O4. The molecule has 7 nitrogen and oxygen atoms in total. The number of hydrogen-bond acceptors (Lipinski definition) is 4. The Balaban J connectivity index is 2.06. The third-order valence-corrected chi connectivity index (χ3v) is 4.04. The minimum atomic E-state index is -0.694. The van der Waals surface area contributed by atoms with Crippen molar-refractivity contribution in [1.82, 2.24) is 13.7 Å². The molecule has 0 N–H and O–H groups in total. The molecule has 25 heavy (non-hydrogen) atoms. The summed E-state index contributed by atoms with van der Waals surface area (Å²) in [4.78, 5) is 38.6. The lowest BCUT2D eigenvalue weighted by Gasteiger charge is -2.13. The number of nitrogens with zero attached hydrogens (tertiary/aromatic N) is 3. The van der Waals surface area contributed by atoms with Crippen molar-refractivity contribution in [2.75, 3.05) is 6.61 Å². The van der Waals surface area contributed by atoms with E-state index in [1.165, 1.54) is 0 Å². The summed E-state index contributed by atoms with van der Waals surface area (Å²) in [6, 6.07) is 17.1. The maximum absolute atomic E-state index is 12.9. The number of epoxide rings is 1. The summed E-state index contributed by atoms with van der Waals surface area (Å²) < 4.78 is 8.22. The van der Waals surface area contributed by atoms with Crippen molar-refractivity contribution in [3.8, 4) is 11.4 Å². The highest BCUT2D eigenvalue weighted by molar-refractivity contribution is 5.34. The Morgan fingerprint density at radius 3 is 1.60 bits per heavy atom. The normalized spacial score (nSPS) is 15.9. The van der Waals surface area contributed by atoms with Gasteiger partial charge in [-0.3, -0.25) is 0 Å². The van der Waals surface area contributed by atoms with E-state index in [0.717, 1.165) is 13.7 Å². The molecule has 1 fully saturated rings. The zero-order chi connectivity index (χ0) is 17.4. The van der Waals surface area contributed by atoms with Crippen molar-refractivity contribution in [3.05, 3.63) is 92.1 Å². The number of hydrogen-bond donors (Lipinski definition) is 0. The maximum atomic E-state index is 12.9. The summed E-state index contributed by atoms with van der Waals surface area (Å²) in [5, 5.41) is 0. The molecule has 1 aliphatic rings. The highest BCUT2D eigenvalue weighted by Gasteiger charge is 2.27. The Hall–Kier alpha value is -3.19. The van der Waals surface area contributed by atoms with Crippen molar-refractivity contribution in [2.24, 2.45) is 0 Å². The molecule has 1 aromatic heterocycles. The van der Waals surface area contributed by atoms with Gasteiger partial charge in [-0.05, 0) is 24.3 Å². The SMILES string of the molecule is O=c1n(CC2CO2)c(=O)n(-c2ccccc2)c(=O)n1-c1ccccc1. The first-order valence-corrected chi connectivity index (χ1v) is 7.88. The van der Waals surface area contributed by atoms with Crippen molar-refractivity contribution < 1.29 is 4.74 Å². The van der Waals surface area contributed by atoms with Crippen molar-refractivity contribution >= 4 is 0 Å². The summed E-state index contributed by atoms with van der Waals surface area (Å²) in [7, 11) is 0. The third kappa shape index (κ3) is 2.74. The van der Waals surface area contributed by atoms with Crippen LogP contribution in [0.2, 0.25) is 0 Å². The Bertz CT molecular complexity index is 1000. The van der Waals surface area contributed by atoms with Crippen LogP contribution in [0, 0.1) is 0 Å². The minimum absolute atomic E-state index is 0.123. The van der Waals surface area contributed by atoms with E-state index in [2.05, 4.69) is 0 Å². The zero-order valence-corrected chi connectivity index (χ0v) is 13.2. The van der Waals surface area contributed by atoms with Gasteiger partial charge in [0.05, 0.1) is 30.6 Å². The van der Waals surface area contributed by atoms with Crippen molar-refractivity contribution in [3.63, 3.8) is 0 Å². The van der Waals surface area contributed by atoms with Crippen LogP contribution < -0.4 is 17.1 Å². The molecule has 0 saturated carbocycles. The van der Waals surface area contributed by atoms with E-state index in [1.54, 1.807) is 60.7 Å². The predicted molar refractivity (Wildman–Crippen MR) is 91.6 cm³/mol. The third-order valence-electron chi connectivity index (χ3n) is 4.04. The molecule has 2 heterocycles. The van der Waals surface area contributed by atoms with Crippen LogP contribution in [0.4, 0.5) is 0 Å². The number of ether oxygens (including phenoxy) is 1. The largest absolute Gasteiger partial charge is 0.371 e. The molecule has 0 aliphatic carbocycles. The molecule has 0 spiro atoms. The van der Waals surface area contributed by atoms with Crippen LogP contribution in [-0.4, -0.2) is 26.4 Å². The van der Waals surface area contributed by atoms with Crippen LogP contribution in [0.15, 0.2) is 75.0 Å². The standard InChI is InChI=1S/C18H15N3O4/c22-16-19(11-15-12-25-15)17(23)21(14-9-5-2-6-10-14)18(24)20(16)13-7-3-1-4-8-13/h1-10,15H,11-12H2. The van der Waals surface area contributed by atoms with Gasteiger partial charge in [-0.15, -0.1) is 0 Å². The molecule has 1 saturated heterocycles. The Morgan fingerprint density at radius 1 is 0.760 bits per heavy atom. The van der Waals surface area contributed by atoms with Crippen LogP contribution in [0.5, 0.6) is 0 Å². The summed E-state index contributed by atoms with van der Waals surface area (Å²) in [6.45, 7) is 0.624. The molecule has 1 aliphatic heterocycles. The van der Waals surface area contributed by atoms with Gasteiger partial charge in [0.2, 0.25) is 0 Å². The number of para-hydroxylation sites is 2. The van der Waals surface area contributed by atoms with Crippen LogP contribution in [0.1, 0.15) is 0 Å². The monoisotopic (exact) mass is 337 g/mol. The van der Waals surface area contributed by atoms with Crippen LogP contribution in [0.25, 0.3) is 11.4 Å². The van der Waals surface area contributed by atoms with Gasteiger partial charge in [-0.25, -0.2) is 28.1 Å². The highest BCUT2D eigenvalue weighted by atomic mass is 16.6.